The van der Waals surface area contributed by atoms with Gasteiger partial charge < -0.3 is 4.74 Å². The third-order valence-corrected chi connectivity index (χ3v) is 13.6. The van der Waals surface area contributed by atoms with Crippen LogP contribution in [-0.2, 0) is 19.1 Å². The lowest BCUT2D eigenvalue weighted by Gasteiger charge is -2.71. The molecule has 4 nitrogen and oxygen atoms in total. The van der Waals surface area contributed by atoms with Crippen molar-refractivity contribution in [1.29, 1.82) is 0 Å². The Morgan fingerprint density at radius 2 is 1.55 bits per heavy atom. The molecule has 0 aromatic rings. The number of carbonyl (C=O) groups is 3. The predicted molar refractivity (Wildman–Crippen MR) is 150 cm³/mol. The number of esters is 1. The van der Waals surface area contributed by atoms with E-state index in [9.17, 15) is 14.4 Å². The monoisotopic (exact) mass is 522 g/mol. The molecule has 0 aromatic carbocycles. The Morgan fingerprint density at radius 1 is 0.921 bits per heavy atom. The maximum Gasteiger partial charge on any atom is 0.330 e. The summed E-state index contributed by atoms with van der Waals surface area (Å²) in [6.45, 7) is 18.6. The first kappa shape index (κ1) is 27.8. The third-order valence-electron chi connectivity index (χ3n) is 13.6. The summed E-state index contributed by atoms with van der Waals surface area (Å²) in [6.07, 6.45) is 14.5. The summed E-state index contributed by atoms with van der Waals surface area (Å²) in [6, 6.07) is 0. The van der Waals surface area contributed by atoms with Crippen LogP contribution in [0.1, 0.15) is 113 Å². The third kappa shape index (κ3) is 3.56. The van der Waals surface area contributed by atoms with Crippen LogP contribution in [0.5, 0.6) is 0 Å². The minimum Gasteiger partial charge on any atom is -0.463 e. The number of hydrogen-bond donors (Lipinski definition) is 0. The van der Waals surface area contributed by atoms with Crippen LogP contribution in [0.15, 0.2) is 23.8 Å². The number of fused-ring (bicyclic) bond motifs is 7. The Labute approximate surface area is 230 Å². The summed E-state index contributed by atoms with van der Waals surface area (Å²) in [5.74, 6) is 0.603. The van der Waals surface area contributed by atoms with E-state index in [1.807, 2.05) is 6.92 Å². The van der Waals surface area contributed by atoms with Gasteiger partial charge in [-0.25, -0.2) is 4.79 Å². The van der Waals surface area contributed by atoms with Crippen molar-refractivity contribution in [2.45, 2.75) is 113 Å². The predicted octanol–water partition coefficient (Wildman–Crippen LogP) is 7.66. The van der Waals surface area contributed by atoms with Crippen LogP contribution >= 0.6 is 0 Å². The van der Waals surface area contributed by atoms with Gasteiger partial charge in [0, 0.05) is 24.3 Å². The zero-order valence-corrected chi connectivity index (χ0v) is 25.2. The lowest BCUT2D eigenvalue weighted by molar-refractivity contribution is -0.174. The average Bonchev–Trinajstić information content (AvgIpc) is 2.85. The van der Waals surface area contributed by atoms with Crippen LogP contribution in [0.4, 0.5) is 0 Å². The van der Waals surface area contributed by atoms with Gasteiger partial charge in [0.05, 0.1) is 6.61 Å². The summed E-state index contributed by atoms with van der Waals surface area (Å²) in [4.78, 5) is 39.7. The largest absolute Gasteiger partial charge is 0.463 e. The van der Waals surface area contributed by atoms with E-state index in [0.29, 0.717) is 24.6 Å². The van der Waals surface area contributed by atoms with Gasteiger partial charge in [-0.05, 0) is 103 Å². The van der Waals surface area contributed by atoms with Crippen LogP contribution in [0.25, 0.3) is 0 Å². The normalized spacial score (nSPS) is 47.9. The Morgan fingerprint density at radius 3 is 2.24 bits per heavy atom. The Kier molecular flexibility index (Phi) is 6.33. The lowest BCUT2D eigenvalue weighted by Crippen LogP contribution is -2.66. The molecule has 4 heteroatoms. The fraction of sp³-hybridized carbons (Fsp3) is 0.794. The molecule has 0 heterocycles. The molecule has 0 bridgehead atoms. The molecule has 0 spiro atoms. The molecule has 0 saturated heterocycles. The molecule has 0 aromatic heterocycles. The zero-order chi connectivity index (χ0) is 27.9. The van der Waals surface area contributed by atoms with Gasteiger partial charge in [-0.3, -0.25) is 9.59 Å². The molecule has 0 radical (unpaired) electrons. The summed E-state index contributed by atoms with van der Waals surface area (Å²) in [5.41, 5.74) is 0.924. The zero-order valence-electron chi connectivity index (χ0n) is 25.2. The number of allylic oxidation sites excluding steroid dienone is 3. The van der Waals surface area contributed by atoms with Gasteiger partial charge in [0.15, 0.2) is 5.78 Å². The second kappa shape index (κ2) is 8.64. The summed E-state index contributed by atoms with van der Waals surface area (Å²) >= 11 is 0. The maximum absolute atomic E-state index is 14.5. The van der Waals surface area contributed by atoms with E-state index in [2.05, 4.69) is 60.6 Å². The van der Waals surface area contributed by atoms with Crippen LogP contribution in [0, 0.1) is 50.2 Å². The number of hydrogen-bond acceptors (Lipinski definition) is 4. The molecule has 5 aliphatic carbocycles. The van der Waals surface area contributed by atoms with Crippen molar-refractivity contribution in [3.8, 4) is 0 Å². The fourth-order valence-electron chi connectivity index (χ4n) is 10.4. The summed E-state index contributed by atoms with van der Waals surface area (Å²) < 4.78 is 5.25. The van der Waals surface area contributed by atoms with Crippen molar-refractivity contribution < 1.29 is 19.1 Å². The highest BCUT2D eigenvalue weighted by Crippen LogP contribution is 2.76. The molecule has 4 fully saturated rings. The van der Waals surface area contributed by atoms with Gasteiger partial charge in [0.25, 0.3) is 0 Å². The van der Waals surface area contributed by atoms with E-state index < -0.39 is 0 Å². The topological polar surface area (TPSA) is 60.4 Å². The summed E-state index contributed by atoms with van der Waals surface area (Å²) in [5, 5.41) is 0. The molecule has 0 aliphatic heterocycles. The van der Waals surface area contributed by atoms with E-state index in [0.717, 1.165) is 51.4 Å². The molecule has 8 atom stereocenters. The summed E-state index contributed by atoms with van der Waals surface area (Å²) in [7, 11) is 0. The smallest absolute Gasteiger partial charge is 0.330 e. The van der Waals surface area contributed by atoms with E-state index in [1.165, 1.54) is 5.57 Å². The number of Topliss-reactive ketones (excluding diaryl/α,β-unsaturated/α-hetero) is 1. The molecular weight excluding hydrogens is 472 g/mol. The second-order valence-electron chi connectivity index (χ2n) is 15.4. The fourth-order valence-corrected chi connectivity index (χ4v) is 10.4. The number of carbonyl (C=O) groups excluding carboxylic acids is 3. The van der Waals surface area contributed by atoms with Crippen molar-refractivity contribution in [3.63, 3.8) is 0 Å². The Hall–Kier alpha value is -1.71. The first-order chi connectivity index (χ1) is 17.6. The molecule has 5 rings (SSSR count). The highest BCUT2D eigenvalue weighted by atomic mass is 16.5. The number of rotatable bonds is 3. The molecule has 0 amide bonds. The lowest BCUT2D eigenvalue weighted by atomic mass is 9.32. The molecular formula is C34H50O4. The van der Waals surface area contributed by atoms with Gasteiger partial charge >= 0.3 is 5.97 Å². The first-order valence-electron chi connectivity index (χ1n) is 15.2. The van der Waals surface area contributed by atoms with Crippen molar-refractivity contribution in [3.05, 3.63) is 23.8 Å². The number of ketones is 2. The van der Waals surface area contributed by atoms with Crippen LogP contribution in [0.3, 0.4) is 0 Å². The van der Waals surface area contributed by atoms with Crippen molar-refractivity contribution in [2.24, 2.45) is 50.2 Å². The highest BCUT2D eigenvalue weighted by Gasteiger charge is 2.70. The van der Waals surface area contributed by atoms with Crippen LogP contribution in [-0.4, -0.2) is 24.1 Å². The number of ether oxygens (including phenoxy) is 1. The standard InChI is InChI=1S/C34H50O4/c1-9-38-27(37)11-13-34-18-14-29(3,4)21-23(34)28-25(36)20-26-31(6)12-10-24(35)22(2)30(31,5)15-16-32(26,7)33(28,8)17-19-34/h11,13,20,22-23,28H,9-10,12,14-19,21H2,1-8H3. The van der Waals surface area contributed by atoms with Crippen LogP contribution in [0.2, 0.25) is 0 Å². The molecule has 0 N–H and O–H groups in total. The van der Waals surface area contributed by atoms with Gasteiger partial charge in [-0.2, -0.15) is 0 Å². The quantitative estimate of drug-likeness (QED) is 0.282. The average molecular weight is 523 g/mol. The minimum atomic E-state index is -0.275. The van der Waals surface area contributed by atoms with Gasteiger partial charge in [0.2, 0.25) is 0 Å². The van der Waals surface area contributed by atoms with Crippen molar-refractivity contribution in [2.75, 3.05) is 6.61 Å². The Balaban J connectivity index is 1.62. The van der Waals surface area contributed by atoms with Crippen molar-refractivity contribution >= 4 is 17.5 Å². The molecule has 210 valence electrons. The van der Waals surface area contributed by atoms with Gasteiger partial charge in [-0.15, -0.1) is 0 Å². The maximum atomic E-state index is 14.5. The van der Waals surface area contributed by atoms with Gasteiger partial charge in [0.1, 0.15) is 5.78 Å². The Bertz CT molecular complexity index is 1110. The van der Waals surface area contributed by atoms with E-state index >= 15 is 0 Å². The minimum absolute atomic E-state index is 0.0264. The van der Waals surface area contributed by atoms with E-state index in [-0.39, 0.29) is 56.2 Å². The highest BCUT2D eigenvalue weighted by molar-refractivity contribution is 5.96. The van der Waals surface area contributed by atoms with E-state index in [1.54, 1.807) is 6.08 Å². The second-order valence-corrected chi connectivity index (χ2v) is 15.4. The van der Waals surface area contributed by atoms with Crippen molar-refractivity contribution in [1.82, 2.24) is 0 Å². The van der Waals surface area contributed by atoms with Gasteiger partial charge in [-0.1, -0.05) is 60.1 Å². The van der Waals surface area contributed by atoms with E-state index in [4.69, 9.17) is 4.74 Å². The SMILES string of the molecule is CCOC(=O)C=CC12CCC(C)(C)CC1C1C(=O)C=C3C4(C)CCC(=O)C(C)C4(C)CCC3(C)C1(C)CC2. The molecule has 5 aliphatic rings. The first-order valence-corrected chi connectivity index (χ1v) is 15.2. The molecule has 8 unspecified atom stereocenters. The van der Waals surface area contributed by atoms with Crippen LogP contribution < -0.4 is 0 Å². The molecule has 38 heavy (non-hydrogen) atoms. The molecule has 4 saturated carbocycles.